The lowest BCUT2D eigenvalue weighted by molar-refractivity contribution is -0.139. The van der Waals surface area contributed by atoms with Gasteiger partial charge < -0.3 is 15.7 Å². The van der Waals surface area contributed by atoms with Gasteiger partial charge in [0.1, 0.15) is 6.04 Å². The highest BCUT2D eigenvalue weighted by atomic mass is 32.1. The highest BCUT2D eigenvalue weighted by molar-refractivity contribution is 7.07. The summed E-state index contributed by atoms with van der Waals surface area (Å²) in [6.07, 6.45) is 2.76. The highest BCUT2D eigenvalue weighted by Gasteiger charge is 2.15. The van der Waals surface area contributed by atoms with Crippen molar-refractivity contribution in [1.82, 2.24) is 15.6 Å². The molecule has 0 saturated heterocycles. The van der Waals surface area contributed by atoms with Gasteiger partial charge in [-0.05, 0) is 26.3 Å². The number of likely N-dealkylation sites (N-methyl/N-ethyl adjacent to an activating group) is 1. The van der Waals surface area contributed by atoms with Crippen molar-refractivity contribution < 1.29 is 14.7 Å². The van der Waals surface area contributed by atoms with Gasteiger partial charge in [0.25, 0.3) is 0 Å². The molecule has 1 amide bonds. The van der Waals surface area contributed by atoms with Crippen LogP contribution in [-0.2, 0) is 16.0 Å². The monoisotopic (exact) mass is 313 g/mol. The molecule has 0 spiro atoms. The van der Waals surface area contributed by atoms with E-state index in [4.69, 9.17) is 5.11 Å². The van der Waals surface area contributed by atoms with Crippen molar-refractivity contribution in [1.29, 1.82) is 0 Å². The van der Waals surface area contributed by atoms with Crippen LogP contribution in [0, 0.1) is 5.92 Å². The molecule has 0 saturated carbocycles. The van der Waals surface area contributed by atoms with Gasteiger partial charge in [-0.1, -0.05) is 6.92 Å². The van der Waals surface area contributed by atoms with Crippen LogP contribution < -0.4 is 10.6 Å². The van der Waals surface area contributed by atoms with Gasteiger partial charge in [-0.15, -0.1) is 11.3 Å². The Morgan fingerprint density at radius 3 is 2.76 bits per heavy atom. The Morgan fingerprint density at radius 1 is 1.43 bits per heavy atom. The van der Waals surface area contributed by atoms with Gasteiger partial charge in [0.05, 0.1) is 11.2 Å². The second-order valence-electron chi connectivity index (χ2n) is 5.05. The summed E-state index contributed by atoms with van der Waals surface area (Å²) in [7, 11) is 1.64. The quantitative estimate of drug-likeness (QED) is 0.566. The fourth-order valence-corrected chi connectivity index (χ4v) is 2.57. The van der Waals surface area contributed by atoms with E-state index in [9.17, 15) is 9.59 Å². The first-order valence-corrected chi connectivity index (χ1v) is 8.03. The number of carboxylic acids is 1. The molecule has 3 N–H and O–H groups in total. The van der Waals surface area contributed by atoms with E-state index in [1.54, 1.807) is 12.6 Å². The zero-order valence-corrected chi connectivity index (χ0v) is 13.3. The second kappa shape index (κ2) is 9.46. The first-order valence-electron chi connectivity index (χ1n) is 7.09. The van der Waals surface area contributed by atoms with Crippen LogP contribution >= 0.6 is 11.3 Å². The number of carbonyl (C=O) groups excluding carboxylic acids is 1. The largest absolute Gasteiger partial charge is 0.480 e. The summed E-state index contributed by atoms with van der Waals surface area (Å²) in [5.74, 6) is -0.916. The molecule has 0 aliphatic rings. The molecule has 7 heteroatoms. The fourth-order valence-electron chi connectivity index (χ4n) is 2.00. The topological polar surface area (TPSA) is 91.3 Å². The van der Waals surface area contributed by atoms with Gasteiger partial charge in [-0.25, -0.2) is 4.98 Å². The summed E-state index contributed by atoms with van der Waals surface area (Å²) in [4.78, 5) is 26.9. The van der Waals surface area contributed by atoms with Crippen molar-refractivity contribution in [2.24, 2.45) is 5.92 Å². The molecule has 0 fully saturated rings. The zero-order valence-electron chi connectivity index (χ0n) is 12.5. The Kier molecular flexibility index (Phi) is 7.92. The number of hydrogen-bond donors (Lipinski definition) is 3. The molecule has 0 radical (unpaired) electrons. The normalized spacial score (nSPS) is 13.6. The third-order valence-corrected chi connectivity index (χ3v) is 3.95. The number of unbranched alkanes of at least 4 members (excludes halogenated alkanes) is 1. The number of aliphatic carboxylic acids is 1. The molecule has 1 heterocycles. The Hall–Kier alpha value is -1.47. The van der Waals surface area contributed by atoms with Gasteiger partial charge in [-0.2, -0.15) is 0 Å². The number of thiazole rings is 1. The predicted octanol–water partition coefficient (Wildman–Crippen LogP) is 1.28. The number of nitrogens with zero attached hydrogens (tertiary/aromatic N) is 1. The molecule has 0 aliphatic heterocycles. The van der Waals surface area contributed by atoms with E-state index < -0.39 is 12.0 Å². The van der Waals surface area contributed by atoms with Crippen molar-refractivity contribution >= 4 is 23.2 Å². The van der Waals surface area contributed by atoms with Crippen LogP contribution in [-0.4, -0.2) is 41.6 Å². The van der Waals surface area contributed by atoms with E-state index in [1.807, 2.05) is 12.3 Å². The summed E-state index contributed by atoms with van der Waals surface area (Å²) < 4.78 is 0. The standard InChI is InChI=1S/C14H23N3O3S/c1-10(7-11-8-21-9-17-11)13(18)16-6-4-3-5-12(15-2)14(19)20/h8-10,12,15H,3-7H2,1-2H3,(H,16,18)(H,19,20)/t10-,12+/m1/s1. The number of rotatable bonds is 10. The van der Waals surface area contributed by atoms with E-state index in [1.165, 1.54) is 11.3 Å². The Labute approximate surface area is 129 Å². The average Bonchev–Trinajstić information content (AvgIpc) is 2.94. The molecule has 1 aromatic rings. The van der Waals surface area contributed by atoms with Crippen molar-refractivity contribution in [3.63, 3.8) is 0 Å². The SMILES string of the molecule is CN[C@@H](CCCCNC(=O)[C@H](C)Cc1cscn1)C(=O)O. The molecule has 6 nitrogen and oxygen atoms in total. The fraction of sp³-hybridized carbons (Fsp3) is 0.643. The maximum Gasteiger partial charge on any atom is 0.320 e. The maximum absolute atomic E-state index is 11.9. The molecule has 21 heavy (non-hydrogen) atoms. The number of hydrogen-bond acceptors (Lipinski definition) is 5. The smallest absolute Gasteiger partial charge is 0.320 e. The second-order valence-corrected chi connectivity index (χ2v) is 5.77. The molecule has 118 valence electrons. The number of carbonyl (C=O) groups is 2. The van der Waals surface area contributed by atoms with Gasteiger partial charge in [-0.3, -0.25) is 9.59 Å². The van der Waals surface area contributed by atoms with Crippen molar-refractivity contribution in [3.05, 3.63) is 16.6 Å². The zero-order chi connectivity index (χ0) is 15.7. The Bertz CT molecular complexity index is 437. The van der Waals surface area contributed by atoms with E-state index in [2.05, 4.69) is 15.6 Å². The van der Waals surface area contributed by atoms with E-state index >= 15 is 0 Å². The van der Waals surface area contributed by atoms with Crippen molar-refractivity contribution in [2.75, 3.05) is 13.6 Å². The van der Waals surface area contributed by atoms with Crippen molar-refractivity contribution in [3.8, 4) is 0 Å². The van der Waals surface area contributed by atoms with Crippen LogP contribution in [0.15, 0.2) is 10.9 Å². The number of aromatic nitrogens is 1. The summed E-state index contributed by atoms with van der Waals surface area (Å²) in [6.45, 7) is 2.46. The van der Waals surface area contributed by atoms with Crippen LogP contribution in [0.4, 0.5) is 0 Å². The lowest BCUT2D eigenvalue weighted by Gasteiger charge is -2.12. The van der Waals surface area contributed by atoms with Crippen LogP contribution in [0.3, 0.4) is 0 Å². The van der Waals surface area contributed by atoms with Crippen LogP contribution in [0.2, 0.25) is 0 Å². The van der Waals surface area contributed by atoms with E-state index in [0.717, 1.165) is 18.5 Å². The Balaban J connectivity index is 2.14. The summed E-state index contributed by atoms with van der Waals surface area (Å²) in [5, 5.41) is 16.5. The number of nitrogens with one attached hydrogen (secondary N) is 2. The van der Waals surface area contributed by atoms with E-state index in [-0.39, 0.29) is 11.8 Å². The van der Waals surface area contributed by atoms with Crippen LogP contribution in [0.1, 0.15) is 31.9 Å². The maximum atomic E-state index is 11.9. The number of amides is 1. The molecule has 1 aromatic heterocycles. The first-order chi connectivity index (χ1) is 10.0. The molecule has 2 atom stereocenters. The van der Waals surface area contributed by atoms with Gasteiger partial charge in [0, 0.05) is 24.3 Å². The minimum atomic E-state index is -0.835. The Morgan fingerprint density at radius 2 is 2.19 bits per heavy atom. The molecule has 0 bridgehead atoms. The third kappa shape index (κ3) is 6.68. The lowest BCUT2D eigenvalue weighted by Crippen LogP contribution is -2.34. The third-order valence-electron chi connectivity index (χ3n) is 3.31. The van der Waals surface area contributed by atoms with Crippen LogP contribution in [0.5, 0.6) is 0 Å². The minimum absolute atomic E-state index is 0.0198. The molecular formula is C14H23N3O3S. The summed E-state index contributed by atoms with van der Waals surface area (Å²) in [5.41, 5.74) is 2.71. The number of carboxylic acid groups (broad SMARTS) is 1. The lowest BCUT2D eigenvalue weighted by atomic mass is 10.1. The van der Waals surface area contributed by atoms with Gasteiger partial charge >= 0.3 is 5.97 Å². The van der Waals surface area contributed by atoms with Crippen LogP contribution in [0.25, 0.3) is 0 Å². The highest BCUT2D eigenvalue weighted by Crippen LogP contribution is 2.09. The average molecular weight is 313 g/mol. The summed E-state index contributed by atoms with van der Waals surface area (Å²) in [6, 6.07) is -0.510. The van der Waals surface area contributed by atoms with Gasteiger partial charge in [0.15, 0.2) is 0 Å². The van der Waals surface area contributed by atoms with E-state index in [0.29, 0.717) is 19.4 Å². The minimum Gasteiger partial charge on any atom is -0.480 e. The molecule has 1 rings (SSSR count). The molecule has 0 aromatic carbocycles. The molecular weight excluding hydrogens is 290 g/mol. The molecule has 0 unspecified atom stereocenters. The first kappa shape index (κ1) is 17.6. The van der Waals surface area contributed by atoms with Crippen molar-refractivity contribution in [2.45, 2.75) is 38.6 Å². The summed E-state index contributed by atoms with van der Waals surface area (Å²) >= 11 is 1.53. The predicted molar refractivity (Wildman–Crippen MR) is 82.3 cm³/mol. The molecule has 0 aliphatic carbocycles. The van der Waals surface area contributed by atoms with Gasteiger partial charge in [0.2, 0.25) is 5.91 Å².